The molecule has 0 spiro atoms. The first-order valence-corrected chi connectivity index (χ1v) is 10.4. The van der Waals surface area contributed by atoms with Gasteiger partial charge in [-0.25, -0.2) is 0 Å². The Morgan fingerprint density at radius 2 is 1.63 bits per heavy atom. The number of carbonyl (C=O) groups is 1. The van der Waals surface area contributed by atoms with Gasteiger partial charge in [0.2, 0.25) is 0 Å². The smallest absolute Gasteiger partial charge is 0.255 e. The predicted molar refractivity (Wildman–Crippen MR) is 110 cm³/mol. The minimum Gasteiger partial charge on any atom is -0.338 e. The van der Waals surface area contributed by atoms with Gasteiger partial charge in [0.15, 0.2) is 0 Å². The van der Waals surface area contributed by atoms with Crippen LogP contribution in [0.4, 0.5) is 0 Å². The summed E-state index contributed by atoms with van der Waals surface area (Å²) in [4.78, 5) is 17.7. The molecule has 2 aliphatic heterocycles. The first-order valence-electron chi connectivity index (χ1n) is 10.0. The normalized spacial score (nSPS) is 23.5. The van der Waals surface area contributed by atoms with Crippen molar-refractivity contribution < 1.29 is 4.79 Å². The van der Waals surface area contributed by atoms with E-state index in [0.717, 1.165) is 19.6 Å². The lowest BCUT2D eigenvalue weighted by Crippen LogP contribution is -2.36. The summed E-state index contributed by atoms with van der Waals surface area (Å²) in [5.41, 5.74) is 1.96. The van der Waals surface area contributed by atoms with Crippen LogP contribution in [0.15, 0.2) is 54.6 Å². The van der Waals surface area contributed by atoms with E-state index in [9.17, 15) is 4.79 Å². The van der Waals surface area contributed by atoms with Crippen molar-refractivity contribution in [3.8, 4) is 0 Å². The summed E-state index contributed by atoms with van der Waals surface area (Å²) in [6.45, 7) is 5.03. The molecule has 2 aromatic rings. The number of amides is 1. The molecule has 3 nitrogen and oxygen atoms in total. The highest BCUT2D eigenvalue weighted by atomic mass is 35.5. The van der Waals surface area contributed by atoms with E-state index in [1.165, 1.54) is 37.9 Å². The molecule has 0 saturated carbocycles. The van der Waals surface area contributed by atoms with Gasteiger partial charge in [0.25, 0.3) is 5.91 Å². The fourth-order valence-corrected chi connectivity index (χ4v) is 4.80. The summed E-state index contributed by atoms with van der Waals surface area (Å²) < 4.78 is 0. The minimum absolute atomic E-state index is 0.0580. The number of hydrogen-bond donors (Lipinski definition) is 0. The van der Waals surface area contributed by atoms with E-state index in [-0.39, 0.29) is 5.91 Å². The van der Waals surface area contributed by atoms with Gasteiger partial charge < -0.3 is 9.80 Å². The van der Waals surface area contributed by atoms with Gasteiger partial charge in [-0.05, 0) is 49.5 Å². The highest BCUT2D eigenvalue weighted by molar-refractivity contribution is 6.33. The molecule has 2 atom stereocenters. The Kier molecular flexibility index (Phi) is 5.80. The molecular weight excluding hydrogens is 356 g/mol. The first-order chi connectivity index (χ1) is 13.2. The van der Waals surface area contributed by atoms with E-state index in [0.29, 0.717) is 22.4 Å². The topological polar surface area (TPSA) is 23.6 Å². The van der Waals surface area contributed by atoms with Crippen LogP contribution in [-0.4, -0.2) is 48.4 Å². The van der Waals surface area contributed by atoms with E-state index in [2.05, 4.69) is 35.2 Å². The lowest BCUT2D eigenvalue weighted by Gasteiger charge is -2.31. The van der Waals surface area contributed by atoms with Crippen molar-refractivity contribution in [3.05, 3.63) is 70.7 Å². The number of hydrogen-bond acceptors (Lipinski definition) is 2. The van der Waals surface area contributed by atoms with Gasteiger partial charge >= 0.3 is 0 Å². The molecule has 2 aromatic carbocycles. The van der Waals surface area contributed by atoms with Crippen molar-refractivity contribution in [2.24, 2.45) is 5.92 Å². The van der Waals surface area contributed by atoms with E-state index in [1.807, 2.05) is 23.1 Å². The Balaban J connectivity index is 1.55. The summed E-state index contributed by atoms with van der Waals surface area (Å²) in [5.74, 6) is 0.916. The van der Waals surface area contributed by atoms with Gasteiger partial charge in [-0.2, -0.15) is 0 Å². The van der Waals surface area contributed by atoms with E-state index in [4.69, 9.17) is 11.6 Å². The third-order valence-corrected chi connectivity index (χ3v) is 6.33. The van der Waals surface area contributed by atoms with Gasteiger partial charge in [0.05, 0.1) is 10.6 Å². The predicted octanol–water partition coefficient (Wildman–Crippen LogP) is 4.68. The highest BCUT2D eigenvalue weighted by Crippen LogP contribution is 2.35. The van der Waals surface area contributed by atoms with Gasteiger partial charge in [-0.15, -0.1) is 0 Å². The minimum atomic E-state index is 0.0580. The number of rotatable bonds is 4. The molecule has 4 heteroatoms. The third-order valence-electron chi connectivity index (χ3n) is 6.00. The molecule has 0 radical (unpaired) electrons. The second kappa shape index (κ2) is 8.45. The Bertz CT molecular complexity index is 773. The maximum Gasteiger partial charge on any atom is 0.255 e. The molecule has 2 saturated heterocycles. The number of halogens is 1. The van der Waals surface area contributed by atoms with Crippen LogP contribution >= 0.6 is 11.6 Å². The summed E-state index contributed by atoms with van der Waals surface area (Å²) >= 11 is 6.29. The molecule has 0 aliphatic carbocycles. The Morgan fingerprint density at radius 3 is 2.37 bits per heavy atom. The molecule has 27 heavy (non-hydrogen) atoms. The largest absolute Gasteiger partial charge is 0.338 e. The molecule has 0 N–H and O–H groups in total. The van der Waals surface area contributed by atoms with Crippen LogP contribution in [0, 0.1) is 5.92 Å². The third kappa shape index (κ3) is 4.20. The molecule has 2 unspecified atom stereocenters. The van der Waals surface area contributed by atoms with Crippen molar-refractivity contribution in [2.45, 2.75) is 25.2 Å². The number of carbonyl (C=O) groups excluding carboxylic acids is 1. The van der Waals surface area contributed by atoms with E-state index < -0.39 is 0 Å². The molecule has 2 aliphatic rings. The van der Waals surface area contributed by atoms with Crippen molar-refractivity contribution in [1.82, 2.24) is 9.80 Å². The van der Waals surface area contributed by atoms with Crippen LogP contribution in [-0.2, 0) is 0 Å². The quantitative estimate of drug-likeness (QED) is 0.766. The lowest BCUT2D eigenvalue weighted by atomic mass is 9.88. The van der Waals surface area contributed by atoms with E-state index >= 15 is 0 Å². The fraction of sp³-hybridized carbons (Fsp3) is 0.435. The Morgan fingerprint density at radius 1 is 0.926 bits per heavy atom. The van der Waals surface area contributed by atoms with Crippen LogP contribution in [0.5, 0.6) is 0 Å². The fourth-order valence-electron chi connectivity index (χ4n) is 4.58. The van der Waals surface area contributed by atoms with Crippen molar-refractivity contribution in [2.75, 3.05) is 32.7 Å². The SMILES string of the molecule is O=C(c1ccccc1Cl)N1CC(CN2CCCCC2)C(c2ccccc2)C1. The highest BCUT2D eigenvalue weighted by Gasteiger charge is 2.37. The van der Waals surface area contributed by atoms with Crippen molar-refractivity contribution in [1.29, 1.82) is 0 Å². The molecule has 0 aromatic heterocycles. The standard InChI is InChI=1S/C23H27ClN2O/c24-22-12-6-5-11-20(22)23(27)26-16-19(15-25-13-7-2-8-14-25)21(17-26)18-9-3-1-4-10-18/h1,3-6,9-12,19,21H,2,7-8,13-17H2. The van der Waals surface area contributed by atoms with Crippen molar-refractivity contribution in [3.63, 3.8) is 0 Å². The monoisotopic (exact) mass is 382 g/mol. The Hall–Kier alpha value is -1.84. The van der Waals surface area contributed by atoms with Crippen LogP contribution in [0.3, 0.4) is 0 Å². The molecular formula is C23H27ClN2O. The number of piperidine rings is 1. The summed E-state index contributed by atoms with van der Waals surface area (Å²) in [7, 11) is 0. The van der Waals surface area contributed by atoms with Crippen LogP contribution in [0.1, 0.15) is 41.1 Å². The second-order valence-corrected chi connectivity index (χ2v) is 8.24. The van der Waals surface area contributed by atoms with Crippen LogP contribution in [0.25, 0.3) is 0 Å². The average molecular weight is 383 g/mol. The van der Waals surface area contributed by atoms with Crippen LogP contribution < -0.4 is 0 Å². The molecule has 1 amide bonds. The number of benzene rings is 2. The zero-order valence-electron chi connectivity index (χ0n) is 15.7. The van der Waals surface area contributed by atoms with Gasteiger partial charge in [-0.1, -0.05) is 60.5 Å². The number of likely N-dealkylation sites (tertiary alicyclic amines) is 2. The summed E-state index contributed by atoms with van der Waals surface area (Å²) in [6, 6.07) is 18.1. The summed E-state index contributed by atoms with van der Waals surface area (Å²) in [5, 5.41) is 0.540. The first kappa shape index (κ1) is 18.5. The van der Waals surface area contributed by atoms with E-state index in [1.54, 1.807) is 6.07 Å². The molecule has 2 fully saturated rings. The molecule has 0 bridgehead atoms. The zero-order valence-corrected chi connectivity index (χ0v) is 16.4. The second-order valence-electron chi connectivity index (χ2n) is 7.83. The number of nitrogens with zero attached hydrogens (tertiary/aromatic N) is 2. The van der Waals surface area contributed by atoms with Gasteiger partial charge in [0, 0.05) is 25.6 Å². The van der Waals surface area contributed by atoms with Crippen molar-refractivity contribution >= 4 is 17.5 Å². The zero-order chi connectivity index (χ0) is 18.6. The molecule has 4 rings (SSSR count). The molecule has 2 heterocycles. The lowest BCUT2D eigenvalue weighted by molar-refractivity contribution is 0.0782. The Labute approximate surface area is 166 Å². The average Bonchev–Trinajstić information content (AvgIpc) is 3.13. The van der Waals surface area contributed by atoms with Gasteiger partial charge in [0.1, 0.15) is 0 Å². The maximum atomic E-state index is 13.1. The van der Waals surface area contributed by atoms with Crippen LogP contribution in [0.2, 0.25) is 5.02 Å². The van der Waals surface area contributed by atoms with Gasteiger partial charge in [-0.3, -0.25) is 4.79 Å². The molecule has 142 valence electrons. The maximum absolute atomic E-state index is 13.1. The summed E-state index contributed by atoms with van der Waals surface area (Å²) in [6.07, 6.45) is 3.94.